The van der Waals surface area contributed by atoms with E-state index in [9.17, 15) is 4.79 Å². The molecule has 16 heavy (non-hydrogen) atoms. The van der Waals surface area contributed by atoms with Gasteiger partial charge in [-0.1, -0.05) is 18.2 Å². The monoisotopic (exact) mass is 217 g/mol. The van der Waals surface area contributed by atoms with Crippen LogP contribution in [0.25, 0.3) is 10.9 Å². The maximum absolute atomic E-state index is 10.9. The molecule has 4 nitrogen and oxygen atoms in total. The Balaban J connectivity index is 2.42. The highest BCUT2D eigenvalue weighted by Crippen LogP contribution is 2.21. The molecular weight excluding hydrogens is 202 g/mol. The fourth-order valence-electron chi connectivity index (χ4n) is 1.93. The van der Waals surface area contributed by atoms with Crippen LogP contribution in [0.3, 0.4) is 0 Å². The van der Waals surface area contributed by atoms with Crippen LogP contribution in [-0.4, -0.2) is 16.5 Å². The Labute approximate surface area is 93.8 Å². The minimum atomic E-state index is -0.620. The summed E-state index contributed by atoms with van der Waals surface area (Å²) in [5.41, 5.74) is 13.0. The van der Waals surface area contributed by atoms with Gasteiger partial charge in [-0.3, -0.25) is 4.79 Å². The lowest BCUT2D eigenvalue weighted by atomic mass is 10.1. The molecule has 0 saturated carbocycles. The lowest BCUT2D eigenvalue weighted by Gasteiger charge is -2.05. The number of benzene rings is 1. The summed E-state index contributed by atoms with van der Waals surface area (Å²) in [5.74, 6) is -0.465. The van der Waals surface area contributed by atoms with Gasteiger partial charge in [0.1, 0.15) is 0 Å². The van der Waals surface area contributed by atoms with Crippen LogP contribution in [-0.2, 0) is 18.3 Å². The first-order valence-electron chi connectivity index (χ1n) is 5.17. The lowest BCUT2D eigenvalue weighted by molar-refractivity contribution is -0.119. The Morgan fingerprint density at radius 2 is 2.12 bits per heavy atom. The summed E-state index contributed by atoms with van der Waals surface area (Å²) in [4.78, 5) is 10.9. The number of nitrogens with zero attached hydrogens (tertiary/aromatic N) is 1. The number of carbonyl (C=O) groups excluding carboxylic acids is 1. The van der Waals surface area contributed by atoms with Crippen molar-refractivity contribution in [2.75, 3.05) is 0 Å². The number of nitrogens with two attached hydrogens (primary N) is 2. The van der Waals surface area contributed by atoms with E-state index in [4.69, 9.17) is 11.5 Å². The maximum Gasteiger partial charge on any atom is 0.234 e. The van der Waals surface area contributed by atoms with Crippen LogP contribution in [0.5, 0.6) is 0 Å². The van der Waals surface area contributed by atoms with Gasteiger partial charge in [-0.2, -0.15) is 0 Å². The van der Waals surface area contributed by atoms with Gasteiger partial charge in [0.05, 0.1) is 6.04 Å². The van der Waals surface area contributed by atoms with Crippen molar-refractivity contribution in [2.45, 2.75) is 12.5 Å². The molecule has 1 aromatic heterocycles. The van der Waals surface area contributed by atoms with Crippen molar-refractivity contribution in [3.8, 4) is 0 Å². The Hall–Kier alpha value is -1.81. The van der Waals surface area contributed by atoms with Crippen molar-refractivity contribution < 1.29 is 4.79 Å². The van der Waals surface area contributed by atoms with E-state index in [1.807, 2.05) is 42.1 Å². The molecule has 1 aromatic carbocycles. The summed E-state index contributed by atoms with van der Waals surface area (Å²) in [6.45, 7) is 0. The number of hydrogen-bond donors (Lipinski definition) is 2. The fourth-order valence-corrected chi connectivity index (χ4v) is 1.93. The van der Waals surface area contributed by atoms with Crippen LogP contribution in [0.15, 0.2) is 30.5 Å². The summed E-state index contributed by atoms with van der Waals surface area (Å²) in [6.07, 6.45) is 2.48. The average Bonchev–Trinajstić information content (AvgIpc) is 2.57. The van der Waals surface area contributed by atoms with E-state index in [-0.39, 0.29) is 0 Å². The molecule has 2 aromatic rings. The first-order valence-corrected chi connectivity index (χ1v) is 5.17. The van der Waals surface area contributed by atoms with Crippen LogP contribution < -0.4 is 11.5 Å². The van der Waals surface area contributed by atoms with Crippen LogP contribution >= 0.6 is 0 Å². The summed E-state index contributed by atoms with van der Waals surface area (Å²) in [5, 5.41) is 1.13. The minimum absolute atomic E-state index is 0.465. The normalized spacial score (nSPS) is 12.9. The van der Waals surface area contributed by atoms with Gasteiger partial charge in [0, 0.05) is 24.1 Å². The van der Waals surface area contributed by atoms with Gasteiger partial charge in [0.2, 0.25) is 5.91 Å². The standard InChI is InChI=1S/C12H15N3O/c1-15-7-8(6-10(13)12(14)16)9-4-2-3-5-11(9)15/h2-5,7,10H,6,13H2,1H3,(H2,14,16). The molecule has 4 heteroatoms. The number of hydrogen-bond acceptors (Lipinski definition) is 2. The topological polar surface area (TPSA) is 74.0 Å². The van der Waals surface area contributed by atoms with Gasteiger partial charge in [-0.15, -0.1) is 0 Å². The quantitative estimate of drug-likeness (QED) is 0.787. The van der Waals surface area contributed by atoms with Gasteiger partial charge in [0.15, 0.2) is 0 Å². The zero-order valence-electron chi connectivity index (χ0n) is 9.18. The first-order chi connectivity index (χ1) is 7.59. The Morgan fingerprint density at radius 3 is 2.81 bits per heavy atom. The van der Waals surface area contributed by atoms with E-state index in [1.54, 1.807) is 0 Å². The van der Waals surface area contributed by atoms with Crippen molar-refractivity contribution in [1.29, 1.82) is 0 Å². The average molecular weight is 217 g/mol. The molecule has 84 valence electrons. The van der Waals surface area contributed by atoms with Gasteiger partial charge < -0.3 is 16.0 Å². The van der Waals surface area contributed by atoms with Crippen molar-refractivity contribution >= 4 is 16.8 Å². The summed E-state index contributed by atoms with van der Waals surface area (Å²) < 4.78 is 2.03. The van der Waals surface area contributed by atoms with Crippen LogP contribution in [0, 0.1) is 0 Å². The van der Waals surface area contributed by atoms with E-state index in [0.717, 1.165) is 16.5 Å². The smallest absolute Gasteiger partial charge is 0.234 e. The van der Waals surface area contributed by atoms with Crippen molar-refractivity contribution in [2.24, 2.45) is 18.5 Å². The number of aromatic nitrogens is 1. The summed E-state index contributed by atoms with van der Waals surface area (Å²) in [7, 11) is 1.97. The molecule has 0 bridgehead atoms. The summed E-state index contributed by atoms with van der Waals surface area (Å²) >= 11 is 0. The number of rotatable bonds is 3. The van der Waals surface area contributed by atoms with E-state index in [0.29, 0.717) is 6.42 Å². The van der Waals surface area contributed by atoms with E-state index in [2.05, 4.69) is 0 Å². The predicted octanol–water partition coefficient (Wildman–Crippen LogP) is 0.533. The van der Waals surface area contributed by atoms with Crippen LogP contribution in [0.2, 0.25) is 0 Å². The lowest BCUT2D eigenvalue weighted by Crippen LogP contribution is -2.38. The molecule has 1 atom stereocenters. The highest BCUT2D eigenvalue weighted by Gasteiger charge is 2.13. The van der Waals surface area contributed by atoms with Crippen molar-refractivity contribution in [3.05, 3.63) is 36.0 Å². The van der Waals surface area contributed by atoms with Gasteiger partial charge in [0.25, 0.3) is 0 Å². The van der Waals surface area contributed by atoms with E-state index < -0.39 is 11.9 Å². The van der Waals surface area contributed by atoms with Crippen LogP contribution in [0.1, 0.15) is 5.56 Å². The van der Waals surface area contributed by atoms with Gasteiger partial charge >= 0.3 is 0 Å². The third-order valence-electron chi connectivity index (χ3n) is 2.78. The fraction of sp³-hybridized carbons (Fsp3) is 0.250. The highest BCUT2D eigenvalue weighted by molar-refractivity contribution is 5.86. The Kier molecular flexibility index (Phi) is 2.66. The first kappa shape index (κ1) is 10.7. The predicted molar refractivity (Wildman–Crippen MR) is 63.8 cm³/mol. The molecule has 1 amide bonds. The highest BCUT2D eigenvalue weighted by atomic mass is 16.1. The number of para-hydroxylation sites is 1. The third-order valence-corrected chi connectivity index (χ3v) is 2.78. The van der Waals surface area contributed by atoms with E-state index in [1.165, 1.54) is 0 Å². The second-order valence-electron chi connectivity index (χ2n) is 4.00. The molecule has 2 rings (SSSR count). The SMILES string of the molecule is Cn1cc(CC(N)C(N)=O)c2ccccc21. The summed E-state index contributed by atoms with van der Waals surface area (Å²) in [6, 6.07) is 7.40. The molecule has 0 aliphatic carbocycles. The number of amides is 1. The number of aryl methyl sites for hydroxylation is 1. The van der Waals surface area contributed by atoms with Crippen molar-refractivity contribution in [3.63, 3.8) is 0 Å². The molecular formula is C12H15N3O. The molecule has 0 radical (unpaired) electrons. The maximum atomic E-state index is 10.9. The third kappa shape index (κ3) is 1.79. The molecule has 0 aliphatic rings. The van der Waals surface area contributed by atoms with E-state index >= 15 is 0 Å². The molecule has 0 spiro atoms. The number of carbonyl (C=O) groups is 1. The zero-order valence-corrected chi connectivity index (χ0v) is 9.18. The second-order valence-corrected chi connectivity index (χ2v) is 4.00. The molecule has 1 heterocycles. The van der Waals surface area contributed by atoms with Gasteiger partial charge in [-0.25, -0.2) is 0 Å². The number of primary amides is 1. The molecule has 1 unspecified atom stereocenters. The Bertz CT molecular complexity index is 530. The van der Waals surface area contributed by atoms with Gasteiger partial charge in [-0.05, 0) is 18.1 Å². The Morgan fingerprint density at radius 1 is 1.44 bits per heavy atom. The van der Waals surface area contributed by atoms with Crippen LogP contribution in [0.4, 0.5) is 0 Å². The number of fused-ring (bicyclic) bond motifs is 1. The zero-order chi connectivity index (χ0) is 11.7. The molecule has 0 aliphatic heterocycles. The van der Waals surface area contributed by atoms with Crippen molar-refractivity contribution in [1.82, 2.24) is 4.57 Å². The molecule has 4 N–H and O–H groups in total. The molecule has 0 fully saturated rings. The minimum Gasteiger partial charge on any atom is -0.368 e. The second kappa shape index (κ2) is 3.98. The molecule has 0 saturated heterocycles. The largest absolute Gasteiger partial charge is 0.368 e.